The maximum Gasteiger partial charge on any atom is 0.257 e. The molecule has 0 aliphatic carbocycles. The molecular formula is C20H23N3O3. The predicted octanol–water partition coefficient (Wildman–Crippen LogP) is 2.27. The van der Waals surface area contributed by atoms with Gasteiger partial charge in [0.2, 0.25) is 0 Å². The van der Waals surface area contributed by atoms with Gasteiger partial charge in [0, 0.05) is 24.8 Å². The van der Waals surface area contributed by atoms with Gasteiger partial charge in [-0.15, -0.1) is 0 Å². The number of nitrogens with one attached hydrogen (secondary N) is 1. The van der Waals surface area contributed by atoms with Gasteiger partial charge in [-0.05, 0) is 37.1 Å². The first-order valence-electron chi connectivity index (χ1n) is 8.74. The maximum atomic E-state index is 12.8. The molecule has 6 nitrogen and oxygen atoms in total. The molecule has 1 saturated heterocycles. The zero-order chi connectivity index (χ0) is 18.4. The summed E-state index contributed by atoms with van der Waals surface area (Å²) in [5, 5.41) is 3.51. The van der Waals surface area contributed by atoms with E-state index in [-0.39, 0.29) is 12.5 Å². The molecule has 6 heteroatoms. The van der Waals surface area contributed by atoms with E-state index in [1.165, 1.54) is 0 Å². The highest BCUT2D eigenvalue weighted by Gasteiger charge is 2.25. The summed E-state index contributed by atoms with van der Waals surface area (Å²) < 4.78 is 5.38. The average Bonchev–Trinajstić information content (AvgIpc) is 2.67. The van der Waals surface area contributed by atoms with E-state index in [0.29, 0.717) is 30.4 Å². The first-order valence-corrected chi connectivity index (χ1v) is 8.74. The van der Waals surface area contributed by atoms with Gasteiger partial charge in [0.25, 0.3) is 11.8 Å². The number of benzene rings is 2. The van der Waals surface area contributed by atoms with E-state index in [4.69, 9.17) is 10.5 Å². The fourth-order valence-corrected chi connectivity index (χ4v) is 3.09. The van der Waals surface area contributed by atoms with E-state index in [1.807, 2.05) is 35.2 Å². The molecule has 0 unspecified atom stereocenters. The molecule has 2 amide bonds. The quantitative estimate of drug-likeness (QED) is 0.834. The molecule has 1 aliphatic heterocycles. The number of likely N-dealkylation sites (tertiary alicyclic amines) is 1. The van der Waals surface area contributed by atoms with Crippen molar-refractivity contribution < 1.29 is 14.3 Å². The molecule has 0 bridgehead atoms. The van der Waals surface area contributed by atoms with Crippen LogP contribution in [0.2, 0.25) is 0 Å². The number of amides is 2. The average molecular weight is 353 g/mol. The number of hydrogen-bond acceptors (Lipinski definition) is 4. The van der Waals surface area contributed by atoms with Crippen LogP contribution in [0, 0.1) is 0 Å². The number of nitrogens with two attached hydrogens (primary N) is 1. The highest BCUT2D eigenvalue weighted by Crippen LogP contribution is 2.23. The fourth-order valence-electron chi connectivity index (χ4n) is 3.09. The third-order valence-electron chi connectivity index (χ3n) is 4.41. The van der Waals surface area contributed by atoms with E-state index >= 15 is 0 Å². The van der Waals surface area contributed by atoms with Crippen molar-refractivity contribution in [2.24, 2.45) is 5.73 Å². The first kappa shape index (κ1) is 17.8. The molecule has 3 N–H and O–H groups in total. The summed E-state index contributed by atoms with van der Waals surface area (Å²) in [5.74, 6) is -0.260. The molecule has 0 aromatic heterocycles. The molecule has 0 atom stereocenters. The minimum Gasteiger partial charge on any atom is -0.483 e. The van der Waals surface area contributed by atoms with Crippen molar-refractivity contribution in [1.82, 2.24) is 4.90 Å². The van der Waals surface area contributed by atoms with Crippen LogP contribution in [0.5, 0.6) is 5.75 Å². The van der Waals surface area contributed by atoms with Gasteiger partial charge in [-0.1, -0.05) is 30.3 Å². The van der Waals surface area contributed by atoms with Crippen LogP contribution in [-0.2, 0) is 4.79 Å². The van der Waals surface area contributed by atoms with Gasteiger partial charge in [-0.2, -0.15) is 0 Å². The van der Waals surface area contributed by atoms with Crippen LogP contribution in [0.1, 0.15) is 23.2 Å². The van der Waals surface area contributed by atoms with E-state index in [1.54, 1.807) is 24.3 Å². The highest BCUT2D eigenvalue weighted by atomic mass is 16.5. The van der Waals surface area contributed by atoms with Gasteiger partial charge in [0.05, 0.1) is 5.56 Å². The second-order valence-electron chi connectivity index (χ2n) is 6.33. The van der Waals surface area contributed by atoms with Crippen LogP contribution in [0.3, 0.4) is 0 Å². The number of hydrogen-bond donors (Lipinski definition) is 2. The van der Waals surface area contributed by atoms with Crippen molar-refractivity contribution in [3.05, 3.63) is 60.2 Å². The molecule has 1 aliphatic rings. The van der Waals surface area contributed by atoms with Gasteiger partial charge in [-0.25, -0.2) is 0 Å². The number of para-hydroxylation sites is 2. The number of anilines is 1. The molecule has 2 aromatic rings. The standard InChI is InChI=1S/C20H23N3O3/c21-19(24)14-26-18-9-5-4-8-17(18)20(25)23-12-10-16(11-13-23)22-15-6-2-1-3-7-15/h1-9,16,22H,10-14H2,(H2,21,24). The van der Waals surface area contributed by atoms with Crippen LogP contribution in [0.15, 0.2) is 54.6 Å². The lowest BCUT2D eigenvalue weighted by atomic mass is 10.0. The monoisotopic (exact) mass is 353 g/mol. The number of piperidine rings is 1. The van der Waals surface area contributed by atoms with E-state index in [2.05, 4.69) is 5.32 Å². The van der Waals surface area contributed by atoms with Crippen LogP contribution < -0.4 is 15.8 Å². The number of nitrogens with zero attached hydrogens (tertiary/aromatic N) is 1. The zero-order valence-corrected chi connectivity index (χ0v) is 14.6. The number of ether oxygens (including phenoxy) is 1. The number of carbonyl (C=O) groups excluding carboxylic acids is 2. The second kappa shape index (κ2) is 8.38. The van der Waals surface area contributed by atoms with Gasteiger partial charge < -0.3 is 20.7 Å². The molecule has 3 rings (SSSR count). The van der Waals surface area contributed by atoms with Crippen molar-refractivity contribution in [2.45, 2.75) is 18.9 Å². The maximum absolute atomic E-state index is 12.8. The third-order valence-corrected chi connectivity index (χ3v) is 4.41. The van der Waals surface area contributed by atoms with Crippen LogP contribution >= 0.6 is 0 Å². The normalized spacial score (nSPS) is 14.7. The lowest BCUT2D eigenvalue weighted by Crippen LogP contribution is -2.42. The molecule has 0 radical (unpaired) electrons. The van der Waals surface area contributed by atoms with Gasteiger partial charge in [0.1, 0.15) is 5.75 Å². The Hall–Kier alpha value is -3.02. The minimum absolute atomic E-state index is 0.0803. The topological polar surface area (TPSA) is 84.7 Å². The predicted molar refractivity (Wildman–Crippen MR) is 100 cm³/mol. The van der Waals surface area contributed by atoms with Crippen molar-refractivity contribution in [3.8, 4) is 5.75 Å². The van der Waals surface area contributed by atoms with E-state index in [0.717, 1.165) is 18.5 Å². The number of carbonyl (C=O) groups is 2. The fraction of sp³-hybridized carbons (Fsp3) is 0.300. The lowest BCUT2D eigenvalue weighted by molar-refractivity contribution is -0.119. The molecule has 136 valence electrons. The molecular weight excluding hydrogens is 330 g/mol. The van der Waals surface area contributed by atoms with Gasteiger partial charge in [0.15, 0.2) is 6.61 Å². The Balaban J connectivity index is 1.59. The Kier molecular flexibility index (Phi) is 5.73. The molecule has 2 aromatic carbocycles. The van der Waals surface area contributed by atoms with Crippen LogP contribution in [0.25, 0.3) is 0 Å². The SMILES string of the molecule is NC(=O)COc1ccccc1C(=O)N1CCC(Nc2ccccc2)CC1. The van der Waals surface area contributed by atoms with Crippen LogP contribution in [0.4, 0.5) is 5.69 Å². The summed E-state index contributed by atoms with van der Waals surface area (Å²) in [6.07, 6.45) is 1.76. The highest BCUT2D eigenvalue weighted by molar-refractivity contribution is 5.97. The largest absolute Gasteiger partial charge is 0.483 e. The van der Waals surface area contributed by atoms with Gasteiger partial charge in [-0.3, -0.25) is 9.59 Å². The summed E-state index contributed by atoms with van der Waals surface area (Å²) >= 11 is 0. The molecule has 26 heavy (non-hydrogen) atoms. The van der Waals surface area contributed by atoms with E-state index in [9.17, 15) is 9.59 Å². The van der Waals surface area contributed by atoms with Crippen molar-refractivity contribution in [1.29, 1.82) is 0 Å². The van der Waals surface area contributed by atoms with E-state index < -0.39 is 5.91 Å². The Labute approximate surface area is 152 Å². The summed E-state index contributed by atoms with van der Waals surface area (Å²) in [6, 6.07) is 17.4. The summed E-state index contributed by atoms with van der Waals surface area (Å²) in [7, 11) is 0. The molecule has 1 fully saturated rings. The smallest absolute Gasteiger partial charge is 0.257 e. The van der Waals surface area contributed by atoms with Crippen molar-refractivity contribution in [3.63, 3.8) is 0 Å². The first-order chi connectivity index (χ1) is 12.6. The van der Waals surface area contributed by atoms with Crippen molar-refractivity contribution in [2.75, 3.05) is 25.0 Å². The van der Waals surface area contributed by atoms with Crippen molar-refractivity contribution >= 4 is 17.5 Å². The Morgan fingerprint density at radius 1 is 1.04 bits per heavy atom. The Bertz CT molecular complexity index is 756. The summed E-state index contributed by atoms with van der Waals surface area (Å²) in [5.41, 5.74) is 6.68. The summed E-state index contributed by atoms with van der Waals surface area (Å²) in [4.78, 5) is 25.6. The molecule has 0 saturated carbocycles. The minimum atomic E-state index is -0.569. The number of rotatable bonds is 6. The summed E-state index contributed by atoms with van der Waals surface area (Å²) in [6.45, 7) is 1.11. The molecule has 0 spiro atoms. The Morgan fingerprint density at radius 3 is 2.38 bits per heavy atom. The Morgan fingerprint density at radius 2 is 1.69 bits per heavy atom. The van der Waals surface area contributed by atoms with Gasteiger partial charge >= 0.3 is 0 Å². The second-order valence-corrected chi connectivity index (χ2v) is 6.33. The lowest BCUT2D eigenvalue weighted by Gasteiger charge is -2.33. The zero-order valence-electron chi connectivity index (χ0n) is 14.6. The molecule has 1 heterocycles. The third kappa shape index (κ3) is 4.53. The van der Waals surface area contributed by atoms with Crippen LogP contribution in [-0.4, -0.2) is 42.5 Å². The number of primary amides is 1.